The molecule has 0 bridgehead atoms. The number of piperidine rings is 1. The molecule has 3 fully saturated rings. The van der Waals surface area contributed by atoms with E-state index in [0.717, 1.165) is 19.3 Å². The van der Waals surface area contributed by atoms with E-state index in [1.165, 1.54) is 24.4 Å². The van der Waals surface area contributed by atoms with Crippen LogP contribution in [0.1, 0.15) is 71.3 Å². The SMILES string of the molecule is COCOc1cc(-c2ncc3c(N4CCCCCN4C(=O)OC(C)(C)C)nc(OCC4(CN5CCC(=C(F)F)CC5)CC4)nc3c2F)c2c(C#[C][Tl]=[PH])c(F)ccc2c1. The summed E-state index contributed by atoms with van der Waals surface area (Å²) in [7, 11) is 1.48. The van der Waals surface area contributed by atoms with E-state index in [9.17, 15) is 13.6 Å². The van der Waals surface area contributed by atoms with Crippen molar-refractivity contribution in [2.45, 2.75) is 71.3 Å². The van der Waals surface area contributed by atoms with Crippen LogP contribution in [0.5, 0.6) is 11.8 Å². The summed E-state index contributed by atoms with van der Waals surface area (Å²) >= 11 is -1.59. The number of benzene rings is 2. The molecule has 17 heteroatoms. The number of halogens is 4. The third kappa shape index (κ3) is 9.98. The first-order chi connectivity index (χ1) is 28.3. The molecule has 3 aliphatic rings. The van der Waals surface area contributed by atoms with E-state index in [4.69, 9.17) is 23.9 Å². The number of carbonyl (C=O) groups excluding carboxylic acids is 1. The summed E-state index contributed by atoms with van der Waals surface area (Å²) in [6, 6.07) is 6.09. The van der Waals surface area contributed by atoms with Crippen LogP contribution in [0, 0.1) is 26.4 Å². The third-order valence-corrected chi connectivity index (χ3v) is 13.1. The van der Waals surface area contributed by atoms with Crippen molar-refractivity contribution in [3.05, 3.63) is 59.3 Å². The number of hydrogen-bond acceptors (Lipinski definition) is 10. The van der Waals surface area contributed by atoms with Gasteiger partial charge in [-0.2, -0.15) is 8.78 Å². The van der Waals surface area contributed by atoms with E-state index >= 15 is 8.78 Å². The number of pyridine rings is 1. The van der Waals surface area contributed by atoms with Gasteiger partial charge in [0.1, 0.15) is 5.60 Å². The number of amides is 1. The number of hydrogen-bond donors (Lipinski definition) is 0. The van der Waals surface area contributed by atoms with Crippen LogP contribution in [0.25, 0.3) is 32.9 Å². The first-order valence-electron chi connectivity index (χ1n) is 19.7. The van der Waals surface area contributed by atoms with Gasteiger partial charge in [0.05, 0.1) is 0 Å². The fourth-order valence-corrected chi connectivity index (χ4v) is 9.04. The number of hydrazine groups is 1. The fourth-order valence-electron chi connectivity index (χ4n) is 7.56. The molecule has 0 radical (unpaired) electrons. The van der Waals surface area contributed by atoms with Gasteiger partial charge in [-0.05, 0) is 71.3 Å². The molecule has 2 aromatic heterocycles. The van der Waals surface area contributed by atoms with Crippen LogP contribution in [-0.4, -0.2) is 113 Å². The van der Waals surface area contributed by atoms with Crippen molar-refractivity contribution in [3.63, 3.8) is 0 Å². The molecule has 7 rings (SSSR count). The van der Waals surface area contributed by atoms with Gasteiger partial charge in [-0.25, -0.2) is 4.79 Å². The zero-order chi connectivity index (χ0) is 41.9. The molecule has 59 heavy (non-hydrogen) atoms. The molecule has 2 aliphatic heterocycles. The second kappa shape index (κ2) is 18.3. The molecule has 0 atom stereocenters. The van der Waals surface area contributed by atoms with Crippen LogP contribution in [-0.2, 0) is 9.47 Å². The van der Waals surface area contributed by atoms with Gasteiger partial charge in [0, 0.05) is 31.6 Å². The Hall–Kier alpha value is -3.98. The summed E-state index contributed by atoms with van der Waals surface area (Å²) in [5.74, 6) is 5.70. The summed E-state index contributed by atoms with van der Waals surface area (Å²) in [5.41, 5.74) is -0.716. The molecule has 0 spiro atoms. The van der Waals surface area contributed by atoms with Gasteiger partial charge in [0.15, 0.2) is 0 Å². The predicted molar refractivity (Wildman–Crippen MR) is 220 cm³/mol. The van der Waals surface area contributed by atoms with Crippen molar-refractivity contribution in [2.24, 2.45) is 5.41 Å². The molecule has 1 aliphatic carbocycles. The standard InChI is InChI=1S/C42H45F4N6O5.HP.Tl/c1-6-29-32(43)11-10-27-20-28(56-25-54-5)21-30(33(27)29)35-34(44)36-31(22-47-35)38(51-16-8-7-9-17-52(51)40(53)57-41(2,3)4)49-39(48-36)55-24-42(14-15-42)23-50-18-12-26(13-19-50)37(45)46;;/h10-11,20-22H,7-9,12-19,23-25H2,2-5H3;1H;. The molecule has 310 valence electrons. The average molecular weight is 1030 g/mol. The van der Waals surface area contributed by atoms with Crippen LogP contribution >= 0.6 is 5.89 Å². The summed E-state index contributed by atoms with van der Waals surface area (Å²) in [4.78, 5) is 30.1. The number of aromatic nitrogens is 3. The number of nitrogens with zero attached hydrogens (tertiary/aromatic N) is 6. The molecule has 4 heterocycles. The third-order valence-electron chi connectivity index (χ3n) is 10.7. The Morgan fingerprint density at radius 3 is 2.47 bits per heavy atom. The first-order valence-corrected chi connectivity index (χ1v) is 29.3. The van der Waals surface area contributed by atoms with Crippen molar-refractivity contribution in [2.75, 3.05) is 58.2 Å². The summed E-state index contributed by atoms with van der Waals surface area (Å²) in [6.45, 7) is 7.92. The molecule has 11 nitrogen and oxygen atoms in total. The molecule has 2 aromatic carbocycles. The minimum absolute atomic E-state index is 0.0844. The molecule has 1 saturated carbocycles. The van der Waals surface area contributed by atoms with Crippen LogP contribution in [0.3, 0.4) is 0 Å². The zero-order valence-electron chi connectivity index (χ0n) is 33.6. The predicted octanol–water partition coefficient (Wildman–Crippen LogP) is 8.72. The van der Waals surface area contributed by atoms with Gasteiger partial charge in [0.25, 0.3) is 6.08 Å². The second-order valence-electron chi connectivity index (χ2n) is 16.2. The fraction of sp³-hybridized carbons (Fsp3) is 0.476. The Labute approximate surface area is 353 Å². The van der Waals surface area contributed by atoms with E-state index in [1.807, 2.05) is 0 Å². The van der Waals surface area contributed by atoms with Gasteiger partial charge < -0.3 is 9.64 Å². The topological polar surface area (TPSA) is 102 Å². The molecule has 4 aromatic rings. The maximum atomic E-state index is 17.5. The van der Waals surface area contributed by atoms with Crippen molar-refractivity contribution in [1.29, 1.82) is 0 Å². The summed E-state index contributed by atoms with van der Waals surface area (Å²) in [5, 5.41) is 4.32. The van der Waals surface area contributed by atoms with Crippen LogP contribution < -0.4 is 14.5 Å². The molecule has 0 unspecified atom stereocenters. The Bertz CT molecular complexity index is 2350. The van der Waals surface area contributed by atoms with E-state index in [-0.39, 0.29) is 63.9 Å². The van der Waals surface area contributed by atoms with Gasteiger partial charge in [-0.1, -0.05) is 0 Å². The molecule has 0 N–H and O–H groups in total. The number of rotatable bonds is 10. The quantitative estimate of drug-likeness (QED) is 0.0504. The maximum absolute atomic E-state index is 17.5. The van der Waals surface area contributed by atoms with Crippen molar-refractivity contribution >= 4 is 62.6 Å². The number of methoxy groups -OCH3 is 1. The normalized spacial score (nSPS) is 16.9. The van der Waals surface area contributed by atoms with E-state index in [0.29, 0.717) is 74.9 Å². The van der Waals surface area contributed by atoms with Crippen molar-refractivity contribution in [1.82, 2.24) is 24.9 Å². The number of ether oxygens (including phenoxy) is 4. The Morgan fingerprint density at radius 1 is 1.02 bits per heavy atom. The average Bonchev–Trinajstić information content (AvgIpc) is 4.01. The second-order valence-corrected chi connectivity index (χ2v) is 21.0. The number of likely N-dealkylation sites (tertiary alicyclic amines) is 1. The summed E-state index contributed by atoms with van der Waals surface area (Å²) in [6.07, 6.45) is 3.93. The number of anilines is 1. The van der Waals surface area contributed by atoms with Gasteiger partial charge in [-0.15, -0.1) is 0 Å². The zero-order valence-corrected chi connectivity index (χ0v) is 39.1. The van der Waals surface area contributed by atoms with Crippen molar-refractivity contribution in [3.8, 4) is 32.4 Å². The van der Waals surface area contributed by atoms with Gasteiger partial charge in [-0.3, -0.25) is 0 Å². The van der Waals surface area contributed by atoms with Crippen molar-refractivity contribution < 1.29 is 41.3 Å². The van der Waals surface area contributed by atoms with E-state index in [1.54, 1.807) is 44.0 Å². The van der Waals surface area contributed by atoms with Crippen LogP contribution in [0.2, 0.25) is 0 Å². The molecular weight excluding hydrogens is 980 g/mol. The Kier molecular flexibility index (Phi) is 13.4. The molecule has 1 amide bonds. The minimum atomic E-state index is -1.59. The van der Waals surface area contributed by atoms with Crippen LogP contribution in [0.4, 0.5) is 28.2 Å². The van der Waals surface area contributed by atoms with E-state index < -0.39 is 52.5 Å². The summed E-state index contributed by atoms with van der Waals surface area (Å²) < 4.78 is 85.7. The Morgan fingerprint density at radius 2 is 1.78 bits per heavy atom. The monoisotopic (exact) mass is 1030 g/mol. The first kappa shape index (κ1) is 43.1. The number of fused-ring (bicyclic) bond motifs is 2. The van der Waals surface area contributed by atoms with Crippen LogP contribution in [0.15, 0.2) is 42.1 Å². The molecular formula is C42H46F4N6O5PTl. The van der Waals surface area contributed by atoms with E-state index in [2.05, 4.69) is 30.2 Å². The molecule has 2 saturated heterocycles. The van der Waals surface area contributed by atoms with Gasteiger partial charge in [0.2, 0.25) is 0 Å². The Balaban J connectivity index is 1.35. The number of carbonyl (C=O) groups is 1. The van der Waals surface area contributed by atoms with Gasteiger partial charge >= 0.3 is 218 Å².